The van der Waals surface area contributed by atoms with Crippen molar-refractivity contribution in [2.24, 2.45) is 7.05 Å². The summed E-state index contributed by atoms with van der Waals surface area (Å²) in [6, 6.07) is 16.2. The molecule has 1 fully saturated rings. The van der Waals surface area contributed by atoms with Crippen molar-refractivity contribution in [1.29, 1.82) is 0 Å². The quantitative estimate of drug-likeness (QED) is 0.612. The number of piperazine rings is 1. The lowest BCUT2D eigenvalue weighted by Gasteiger charge is -2.39. The predicted octanol–water partition coefficient (Wildman–Crippen LogP) is 3.26. The maximum absolute atomic E-state index is 13.4. The van der Waals surface area contributed by atoms with Gasteiger partial charge in [0.15, 0.2) is 6.10 Å². The van der Waals surface area contributed by atoms with Crippen molar-refractivity contribution in [2.45, 2.75) is 19.1 Å². The standard InChI is InChI=1S/C24H27FN4O2/c1-18(31-21-10-6-9-20(25)17-21)24(30)29-15-13-28(14-16-29)22(19-7-4-3-5-8-19)23-26-11-12-27(23)2/h3-12,17-18,22H,13-16H2,1-2H3/t18-,22+/m0/s1. The molecule has 0 N–H and O–H groups in total. The van der Waals surface area contributed by atoms with Crippen LogP contribution in [0.5, 0.6) is 5.75 Å². The second-order valence-corrected chi connectivity index (χ2v) is 7.79. The van der Waals surface area contributed by atoms with Crippen molar-refractivity contribution in [3.8, 4) is 5.75 Å². The van der Waals surface area contributed by atoms with Gasteiger partial charge in [-0.05, 0) is 24.6 Å². The Labute approximate surface area is 181 Å². The van der Waals surface area contributed by atoms with Crippen LogP contribution in [0.2, 0.25) is 0 Å². The average Bonchev–Trinajstić information content (AvgIpc) is 3.20. The summed E-state index contributed by atoms with van der Waals surface area (Å²) in [7, 11) is 2.00. The zero-order valence-corrected chi connectivity index (χ0v) is 17.8. The fourth-order valence-corrected chi connectivity index (χ4v) is 4.05. The van der Waals surface area contributed by atoms with Crippen LogP contribution in [-0.4, -0.2) is 57.5 Å². The first-order valence-electron chi connectivity index (χ1n) is 10.5. The van der Waals surface area contributed by atoms with E-state index in [1.54, 1.807) is 19.1 Å². The zero-order valence-electron chi connectivity index (χ0n) is 17.8. The summed E-state index contributed by atoms with van der Waals surface area (Å²) in [6.45, 7) is 4.36. The molecular weight excluding hydrogens is 395 g/mol. The Kier molecular flexibility index (Phi) is 6.32. The van der Waals surface area contributed by atoms with Crippen LogP contribution < -0.4 is 4.74 Å². The molecule has 0 spiro atoms. The maximum atomic E-state index is 13.4. The lowest BCUT2D eigenvalue weighted by molar-refractivity contribution is -0.140. The van der Waals surface area contributed by atoms with E-state index in [1.165, 1.54) is 17.7 Å². The zero-order chi connectivity index (χ0) is 21.8. The molecule has 7 heteroatoms. The van der Waals surface area contributed by atoms with E-state index in [0.29, 0.717) is 18.8 Å². The molecule has 2 atom stereocenters. The third kappa shape index (κ3) is 4.77. The maximum Gasteiger partial charge on any atom is 0.263 e. The molecule has 1 aliphatic heterocycles. The number of aryl methyl sites for hydroxylation is 1. The number of carbonyl (C=O) groups is 1. The molecule has 2 heterocycles. The smallest absolute Gasteiger partial charge is 0.263 e. The highest BCUT2D eigenvalue weighted by Crippen LogP contribution is 2.28. The minimum Gasteiger partial charge on any atom is -0.481 e. The Hall–Kier alpha value is -3.19. The van der Waals surface area contributed by atoms with E-state index >= 15 is 0 Å². The number of aromatic nitrogens is 2. The van der Waals surface area contributed by atoms with Crippen LogP contribution in [0.3, 0.4) is 0 Å². The van der Waals surface area contributed by atoms with Crippen LogP contribution in [-0.2, 0) is 11.8 Å². The molecule has 3 aromatic rings. The van der Waals surface area contributed by atoms with Gasteiger partial charge in [-0.1, -0.05) is 36.4 Å². The Morgan fingerprint density at radius 2 is 1.81 bits per heavy atom. The molecular formula is C24H27FN4O2. The Morgan fingerprint density at radius 3 is 2.45 bits per heavy atom. The van der Waals surface area contributed by atoms with E-state index in [2.05, 4.69) is 22.0 Å². The summed E-state index contributed by atoms with van der Waals surface area (Å²) in [5.74, 6) is 0.872. The molecule has 6 nitrogen and oxygen atoms in total. The molecule has 0 aliphatic carbocycles. The summed E-state index contributed by atoms with van der Waals surface area (Å²) in [4.78, 5) is 21.7. The third-order valence-electron chi connectivity index (χ3n) is 5.67. The number of carbonyl (C=O) groups excluding carboxylic acids is 1. The Morgan fingerprint density at radius 1 is 1.06 bits per heavy atom. The topological polar surface area (TPSA) is 50.6 Å². The molecule has 0 radical (unpaired) electrons. The largest absolute Gasteiger partial charge is 0.481 e. The first-order valence-corrected chi connectivity index (χ1v) is 10.5. The van der Waals surface area contributed by atoms with Gasteiger partial charge in [0.25, 0.3) is 5.91 Å². The minimum absolute atomic E-state index is 0.0272. The van der Waals surface area contributed by atoms with Gasteiger partial charge in [-0.3, -0.25) is 9.69 Å². The van der Waals surface area contributed by atoms with Crippen molar-refractivity contribution in [1.82, 2.24) is 19.4 Å². The van der Waals surface area contributed by atoms with E-state index in [4.69, 9.17) is 4.74 Å². The number of hydrogen-bond acceptors (Lipinski definition) is 4. The molecule has 0 bridgehead atoms. The first-order chi connectivity index (χ1) is 15.0. The van der Waals surface area contributed by atoms with E-state index in [9.17, 15) is 9.18 Å². The molecule has 1 saturated heterocycles. The molecule has 0 unspecified atom stereocenters. The number of amides is 1. The molecule has 1 amide bonds. The van der Waals surface area contributed by atoms with E-state index < -0.39 is 6.10 Å². The second-order valence-electron chi connectivity index (χ2n) is 7.79. The van der Waals surface area contributed by atoms with Crippen LogP contribution in [0, 0.1) is 5.82 Å². The number of ether oxygens (including phenoxy) is 1. The highest BCUT2D eigenvalue weighted by Gasteiger charge is 2.32. The number of nitrogens with zero attached hydrogens (tertiary/aromatic N) is 4. The molecule has 0 saturated carbocycles. The normalized spacial score (nSPS) is 16.7. The Bertz CT molecular complexity index is 1020. The summed E-state index contributed by atoms with van der Waals surface area (Å²) in [5, 5.41) is 0. The first kappa shape index (κ1) is 21.1. The van der Waals surface area contributed by atoms with Crippen LogP contribution in [0.4, 0.5) is 4.39 Å². The SMILES string of the molecule is C[C@H](Oc1cccc(F)c1)C(=O)N1CCN([C@H](c2ccccc2)c2nccn2C)CC1. The highest BCUT2D eigenvalue weighted by molar-refractivity contribution is 5.81. The fourth-order valence-electron chi connectivity index (χ4n) is 4.05. The van der Waals surface area contributed by atoms with Gasteiger partial charge in [-0.2, -0.15) is 0 Å². The highest BCUT2D eigenvalue weighted by atomic mass is 19.1. The molecule has 1 aliphatic rings. The summed E-state index contributed by atoms with van der Waals surface area (Å²) < 4.78 is 21.1. The summed E-state index contributed by atoms with van der Waals surface area (Å²) >= 11 is 0. The van der Waals surface area contributed by atoms with Gasteiger partial charge in [0.1, 0.15) is 17.4 Å². The lowest BCUT2D eigenvalue weighted by Crippen LogP contribution is -2.52. The van der Waals surface area contributed by atoms with E-state index in [1.807, 2.05) is 47.1 Å². The number of benzene rings is 2. The van der Waals surface area contributed by atoms with Crippen LogP contribution >= 0.6 is 0 Å². The van der Waals surface area contributed by atoms with Gasteiger partial charge in [0.2, 0.25) is 0 Å². The Balaban J connectivity index is 1.43. The van der Waals surface area contributed by atoms with Crippen molar-refractivity contribution < 1.29 is 13.9 Å². The summed E-state index contributed by atoms with van der Waals surface area (Å²) in [5.41, 5.74) is 1.18. The van der Waals surface area contributed by atoms with E-state index in [-0.39, 0.29) is 17.8 Å². The van der Waals surface area contributed by atoms with Crippen molar-refractivity contribution >= 4 is 5.91 Å². The van der Waals surface area contributed by atoms with Gasteiger partial charge in [0.05, 0.1) is 6.04 Å². The fraction of sp³-hybridized carbons (Fsp3) is 0.333. The second kappa shape index (κ2) is 9.31. The number of rotatable bonds is 6. The van der Waals surface area contributed by atoms with Crippen LogP contribution in [0.25, 0.3) is 0 Å². The van der Waals surface area contributed by atoms with Crippen LogP contribution in [0.15, 0.2) is 67.0 Å². The average molecular weight is 423 g/mol. The number of hydrogen-bond donors (Lipinski definition) is 0. The molecule has 162 valence electrons. The van der Waals surface area contributed by atoms with E-state index in [0.717, 1.165) is 18.9 Å². The molecule has 1 aromatic heterocycles. The van der Waals surface area contributed by atoms with Gasteiger partial charge < -0.3 is 14.2 Å². The molecule has 2 aromatic carbocycles. The third-order valence-corrected chi connectivity index (χ3v) is 5.67. The van der Waals surface area contributed by atoms with Gasteiger partial charge in [-0.15, -0.1) is 0 Å². The van der Waals surface area contributed by atoms with Crippen molar-refractivity contribution in [3.63, 3.8) is 0 Å². The predicted molar refractivity (Wildman–Crippen MR) is 116 cm³/mol. The minimum atomic E-state index is -0.673. The number of imidazole rings is 1. The van der Waals surface area contributed by atoms with Gasteiger partial charge in [-0.25, -0.2) is 9.37 Å². The van der Waals surface area contributed by atoms with Crippen molar-refractivity contribution in [3.05, 3.63) is 84.2 Å². The van der Waals surface area contributed by atoms with Crippen molar-refractivity contribution in [2.75, 3.05) is 26.2 Å². The lowest BCUT2D eigenvalue weighted by atomic mass is 10.0. The van der Waals surface area contributed by atoms with Crippen LogP contribution in [0.1, 0.15) is 24.4 Å². The monoisotopic (exact) mass is 422 g/mol. The summed E-state index contributed by atoms with van der Waals surface area (Å²) in [6.07, 6.45) is 3.10. The molecule has 31 heavy (non-hydrogen) atoms. The van der Waals surface area contributed by atoms with Gasteiger partial charge >= 0.3 is 0 Å². The van der Waals surface area contributed by atoms with Gasteiger partial charge in [0, 0.05) is 51.7 Å². The molecule has 4 rings (SSSR count). The number of halogens is 1.